The second-order valence-corrected chi connectivity index (χ2v) is 9.04. The molecule has 0 saturated carbocycles. The summed E-state index contributed by atoms with van der Waals surface area (Å²) in [4.78, 5) is 3.71. The van der Waals surface area contributed by atoms with Crippen LogP contribution in [0.25, 0.3) is 0 Å². The molecule has 1 N–H and O–H groups in total. The second-order valence-electron chi connectivity index (χ2n) is 5.34. The maximum Gasteiger partial charge on any atom is 0.241 e. The van der Waals surface area contributed by atoms with Gasteiger partial charge in [-0.15, -0.1) is 0 Å². The summed E-state index contributed by atoms with van der Waals surface area (Å²) < 4.78 is 52.3. The van der Waals surface area contributed by atoms with Gasteiger partial charge in [0, 0.05) is 12.3 Å². The molecule has 0 spiro atoms. The van der Waals surface area contributed by atoms with E-state index in [0.717, 1.165) is 6.26 Å². The lowest BCUT2D eigenvalue weighted by Gasteiger charge is -2.16. The molecule has 0 radical (unpaired) electrons. The van der Waals surface area contributed by atoms with Gasteiger partial charge in [0.1, 0.15) is 12.7 Å². The highest BCUT2D eigenvalue weighted by Gasteiger charge is 2.22. The minimum atomic E-state index is -3.85. The number of nitrogens with zero attached hydrogens (tertiary/aromatic N) is 3. The zero-order chi connectivity index (χ0) is 17.3. The number of benzene rings is 1. The number of rotatable bonds is 6. The zero-order valence-corrected chi connectivity index (χ0v) is 14.6. The van der Waals surface area contributed by atoms with Crippen LogP contribution in [0.15, 0.2) is 40.6 Å². The smallest absolute Gasteiger partial charge is 0.241 e. The van der Waals surface area contributed by atoms with Crippen LogP contribution in [0.5, 0.6) is 0 Å². The number of nitrogens with one attached hydrogen (secondary N) is 1. The van der Waals surface area contributed by atoms with Gasteiger partial charge in [-0.05, 0) is 31.5 Å². The molecule has 2 rings (SSSR count). The first-order chi connectivity index (χ1) is 10.6. The molecule has 0 amide bonds. The monoisotopic (exact) mass is 358 g/mol. The fraction of sp³-hybridized carbons (Fsp3) is 0.385. The average molecular weight is 358 g/mol. The Balaban J connectivity index is 2.28. The van der Waals surface area contributed by atoms with E-state index >= 15 is 0 Å². The van der Waals surface area contributed by atoms with Crippen LogP contribution in [-0.2, 0) is 26.4 Å². The SMILES string of the molecule is Cc1ccc(S(C)(=O)=O)cc1S(=O)(=O)NC(C)Cn1cncn1. The Hall–Kier alpha value is -1.78. The largest absolute Gasteiger partial charge is 0.251 e. The third-order valence-corrected chi connectivity index (χ3v) is 6.00. The Labute approximate surface area is 135 Å². The average Bonchev–Trinajstić information content (AvgIpc) is 2.89. The van der Waals surface area contributed by atoms with Crippen molar-refractivity contribution in [1.29, 1.82) is 0 Å². The lowest BCUT2D eigenvalue weighted by Crippen LogP contribution is -2.36. The number of hydrogen-bond donors (Lipinski definition) is 1. The highest BCUT2D eigenvalue weighted by atomic mass is 32.2. The van der Waals surface area contributed by atoms with Gasteiger partial charge in [0.25, 0.3) is 0 Å². The van der Waals surface area contributed by atoms with Gasteiger partial charge in [-0.2, -0.15) is 5.10 Å². The first-order valence-electron chi connectivity index (χ1n) is 6.75. The summed E-state index contributed by atoms with van der Waals surface area (Å²) in [6.07, 6.45) is 3.89. The number of aromatic nitrogens is 3. The predicted octanol–water partition coefficient (Wildman–Crippen LogP) is 0.357. The summed E-state index contributed by atoms with van der Waals surface area (Å²) in [5.74, 6) is 0. The third-order valence-electron chi connectivity index (χ3n) is 3.16. The van der Waals surface area contributed by atoms with Crippen molar-refractivity contribution >= 4 is 19.9 Å². The molecule has 0 aliphatic carbocycles. The van der Waals surface area contributed by atoms with Crippen molar-refractivity contribution in [3.63, 3.8) is 0 Å². The third kappa shape index (κ3) is 4.36. The summed E-state index contributed by atoms with van der Waals surface area (Å²) >= 11 is 0. The van der Waals surface area contributed by atoms with Crippen LogP contribution >= 0.6 is 0 Å². The quantitative estimate of drug-likeness (QED) is 0.798. The Morgan fingerprint density at radius 1 is 1.26 bits per heavy atom. The number of hydrogen-bond acceptors (Lipinski definition) is 6. The van der Waals surface area contributed by atoms with E-state index < -0.39 is 25.9 Å². The summed E-state index contributed by atoms with van der Waals surface area (Å²) in [5.41, 5.74) is 0.470. The molecule has 2 aromatic rings. The molecule has 0 aliphatic heterocycles. The predicted molar refractivity (Wildman–Crippen MR) is 84.1 cm³/mol. The molecular weight excluding hydrogens is 340 g/mol. The van der Waals surface area contributed by atoms with Gasteiger partial charge < -0.3 is 0 Å². The van der Waals surface area contributed by atoms with Crippen LogP contribution in [0.3, 0.4) is 0 Å². The van der Waals surface area contributed by atoms with Crippen molar-refractivity contribution in [3.05, 3.63) is 36.4 Å². The lowest BCUT2D eigenvalue weighted by atomic mass is 10.2. The molecule has 1 aromatic carbocycles. The Kier molecular flexibility index (Phi) is 4.87. The molecule has 8 nitrogen and oxygen atoms in total. The van der Waals surface area contributed by atoms with E-state index in [0.29, 0.717) is 12.1 Å². The summed E-state index contributed by atoms with van der Waals surface area (Å²) in [5, 5.41) is 3.91. The summed E-state index contributed by atoms with van der Waals surface area (Å²) in [6, 6.07) is 3.60. The maximum absolute atomic E-state index is 12.5. The molecule has 0 aliphatic rings. The van der Waals surface area contributed by atoms with Crippen LogP contribution in [-0.4, -0.2) is 43.9 Å². The van der Waals surface area contributed by atoms with Crippen LogP contribution in [0, 0.1) is 6.92 Å². The topological polar surface area (TPSA) is 111 Å². The maximum atomic E-state index is 12.5. The Morgan fingerprint density at radius 2 is 1.96 bits per heavy atom. The van der Waals surface area contributed by atoms with Gasteiger partial charge in [-0.25, -0.2) is 26.5 Å². The molecule has 0 bridgehead atoms. The first kappa shape index (κ1) is 17.6. The molecule has 1 heterocycles. The molecule has 1 unspecified atom stereocenters. The van der Waals surface area contributed by atoms with Crippen LogP contribution in [0.2, 0.25) is 0 Å². The van der Waals surface area contributed by atoms with Crippen LogP contribution in [0.1, 0.15) is 12.5 Å². The van der Waals surface area contributed by atoms with E-state index in [2.05, 4.69) is 14.8 Å². The van der Waals surface area contributed by atoms with Gasteiger partial charge in [0.15, 0.2) is 9.84 Å². The molecule has 0 fully saturated rings. The Morgan fingerprint density at radius 3 is 2.52 bits per heavy atom. The van der Waals surface area contributed by atoms with E-state index in [1.165, 1.54) is 35.5 Å². The summed E-state index contributed by atoms with van der Waals surface area (Å²) in [6.45, 7) is 3.61. The molecule has 0 saturated heterocycles. The lowest BCUT2D eigenvalue weighted by molar-refractivity contribution is 0.493. The van der Waals surface area contributed by atoms with Gasteiger partial charge >= 0.3 is 0 Å². The van der Waals surface area contributed by atoms with Crippen molar-refractivity contribution in [2.24, 2.45) is 0 Å². The van der Waals surface area contributed by atoms with Crippen molar-refractivity contribution in [3.8, 4) is 0 Å². The normalized spacial score (nSPS) is 13.9. The molecule has 1 atom stereocenters. The fourth-order valence-electron chi connectivity index (χ4n) is 2.07. The number of sulfone groups is 1. The standard InChI is InChI=1S/C13H18N4O4S2/c1-10-4-5-12(22(3,18)19)6-13(10)23(20,21)16-11(2)7-17-9-14-8-15-17/h4-6,8-9,11,16H,7H2,1-3H3. The van der Waals surface area contributed by atoms with E-state index in [-0.39, 0.29) is 9.79 Å². The molecule has 10 heteroatoms. The number of aryl methyl sites for hydroxylation is 1. The van der Waals surface area contributed by atoms with E-state index in [1.54, 1.807) is 13.8 Å². The minimum Gasteiger partial charge on any atom is -0.251 e. The molecule has 23 heavy (non-hydrogen) atoms. The van der Waals surface area contributed by atoms with Crippen molar-refractivity contribution < 1.29 is 16.8 Å². The van der Waals surface area contributed by atoms with Crippen molar-refractivity contribution in [2.75, 3.05) is 6.26 Å². The van der Waals surface area contributed by atoms with Crippen molar-refractivity contribution in [2.45, 2.75) is 36.2 Å². The van der Waals surface area contributed by atoms with Gasteiger partial charge in [-0.1, -0.05) is 6.07 Å². The van der Waals surface area contributed by atoms with Crippen LogP contribution in [0.4, 0.5) is 0 Å². The van der Waals surface area contributed by atoms with Gasteiger partial charge in [0.05, 0.1) is 16.3 Å². The second kappa shape index (κ2) is 6.38. The fourth-order valence-corrected chi connectivity index (χ4v) is 4.30. The van der Waals surface area contributed by atoms with Gasteiger partial charge in [0.2, 0.25) is 10.0 Å². The van der Waals surface area contributed by atoms with Gasteiger partial charge in [-0.3, -0.25) is 4.68 Å². The number of sulfonamides is 1. The van der Waals surface area contributed by atoms with E-state index in [9.17, 15) is 16.8 Å². The van der Waals surface area contributed by atoms with Crippen molar-refractivity contribution in [1.82, 2.24) is 19.5 Å². The van der Waals surface area contributed by atoms with E-state index in [4.69, 9.17) is 0 Å². The highest BCUT2D eigenvalue weighted by Crippen LogP contribution is 2.20. The Bertz CT molecular complexity index is 890. The summed E-state index contributed by atoms with van der Waals surface area (Å²) in [7, 11) is -7.34. The van der Waals surface area contributed by atoms with Crippen LogP contribution < -0.4 is 4.72 Å². The molecular formula is C13H18N4O4S2. The first-order valence-corrected chi connectivity index (χ1v) is 10.1. The molecule has 126 valence electrons. The highest BCUT2D eigenvalue weighted by molar-refractivity contribution is 7.91. The molecule has 1 aromatic heterocycles. The van der Waals surface area contributed by atoms with E-state index in [1.807, 2.05) is 0 Å². The zero-order valence-electron chi connectivity index (χ0n) is 13.0. The minimum absolute atomic E-state index is 0.0348.